The van der Waals surface area contributed by atoms with E-state index in [1.165, 1.54) is 27.8 Å². The summed E-state index contributed by atoms with van der Waals surface area (Å²) in [6.45, 7) is 4.35. The van der Waals surface area contributed by atoms with Crippen molar-refractivity contribution in [2.45, 2.75) is 20.3 Å². The summed E-state index contributed by atoms with van der Waals surface area (Å²) in [5, 5.41) is 1.24. The Morgan fingerprint density at radius 1 is 0.895 bits per heavy atom. The molecule has 1 heterocycles. The molecule has 0 aliphatic heterocycles. The Balaban J connectivity index is 2.41. The Kier molecular flexibility index (Phi) is 3.04. The number of pyridine rings is 1. The predicted molar refractivity (Wildman–Crippen MR) is 81.3 cm³/mol. The van der Waals surface area contributed by atoms with Gasteiger partial charge in [0, 0.05) is 11.1 Å². The second kappa shape index (κ2) is 4.85. The molecular weight excluding hydrogens is 230 g/mol. The predicted octanol–water partition coefficient (Wildman–Crippen LogP) is 4.77. The van der Waals surface area contributed by atoms with Crippen LogP contribution in [0.25, 0.3) is 22.0 Å². The van der Waals surface area contributed by atoms with Gasteiger partial charge in [0.25, 0.3) is 0 Å². The molecule has 94 valence electrons. The van der Waals surface area contributed by atoms with Crippen LogP contribution in [0.1, 0.15) is 18.2 Å². The molecule has 1 heteroatoms. The SMILES string of the molecule is CCc1nc2ccccc2c(-c2ccccc2)c1C. The second-order valence-electron chi connectivity index (χ2n) is 4.80. The smallest absolute Gasteiger partial charge is 0.0711 e. The van der Waals surface area contributed by atoms with E-state index in [0.29, 0.717) is 0 Å². The molecule has 1 aromatic heterocycles. The maximum atomic E-state index is 4.78. The van der Waals surface area contributed by atoms with E-state index in [4.69, 9.17) is 4.98 Å². The summed E-state index contributed by atoms with van der Waals surface area (Å²) >= 11 is 0. The molecule has 0 unspecified atom stereocenters. The molecule has 2 aromatic carbocycles. The fraction of sp³-hybridized carbons (Fsp3) is 0.167. The van der Waals surface area contributed by atoms with Crippen molar-refractivity contribution in [1.29, 1.82) is 0 Å². The molecule has 3 rings (SSSR count). The number of nitrogens with zero attached hydrogens (tertiary/aromatic N) is 1. The number of benzene rings is 2. The average molecular weight is 247 g/mol. The van der Waals surface area contributed by atoms with Gasteiger partial charge in [-0.25, -0.2) is 0 Å². The fourth-order valence-electron chi connectivity index (χ4n) is 2.68. The van der Waals surface area contributed by atoms with Crippen LogP contribution in [0.5, 0.6) is 0 Å². The van der Waals surface area contributed by atoms with Crippen LogP contribution in [0, 0.1) is 6.92 Å². The minimum absolute atomic E-state index is 0.969. The van der Waals surface area contributed by atoms with E-state index in [1.54, 1.807) is 0 Å². The largest absolute Gasteiger partial charge is 0.253 e. The maximum Gasteiger partial charge on any atom is 0.0711 e. The first-order valence-electron chi connectivity index (χ1n) is 6.75. The van der Waals surface area contributed by atoms with Gasteiger partial charge in [-0.2, -0.15) is 0 Å². The quantitative estimate of drug-likeness (QED) is 0.635. The van der Waals surface area contributed by atoms with Crippen LogP contribution in [0.3, 0.4) is 0 Å². The van der Waals surface area contributed by atoms with E-state index in [2.05, 4.69) is 68.4 Å². The van der Waals surface area contributed by atoms with E-state index in [1.807, 2.05) is 0 Å². The lowest BCUT2D eigenvalue weighted by Gasteiger charge is -2.14. The summed E-state index contributed by atoms with van der Waals surface area (Å²) < 4.78 is 0. The van der Waals surface area contributed by atoms with Crippen LogP contribution in [-0.2, 0) is 6.42 Å². The second-order valence-corrected chi connectivity index (χ2v) is 4.80. The van der Waals surface area contributed by atoms with E-state index in [9.17, 15) is 0 Å². The van der Waals surface area contributed by atoms with E-state index in [0.717, 1.165) is 11.9 Å². The van der Waals surface area contributed by atoms with Crippen molar-refractivity contribution in [3.8, 4) is 11.1 Å². The molecule has 1 nitrogen and oxygen atoms in total. The highest BCUT2D eigenvalue weighted by atomic mass is 14.7. The van der Waals surface area contributed by atoms with Gasteiger partial charge >= 0.3 is 0 Å². The Labute approximate surface area is 113 Å². The lowest BCUT2D eigenvalue weighted by molar-refractivity contribution is 1.03. The number of aryl methyl sites for hydroxylation is 1. The molecule has 0 aliphatic rings. The van der Waals surface area contributed by atoms with Crippen molar-refractivity contribution in [3.05, 3.63) is 65.9 Å². The van der Waals surface area contributed by atoms with Crippen LogP contribution in [0.2, 0.25) is 0 Å². The summed E-state index contributed by atoms with van der Waals surface area (Å²) in [6.07, 6.45) is 0.969. The molecular formula is C18H17N. The molecule has 0 spiro atoms. The summed E-state index contributed by atoms with van der Waals surface area (Å²) in [5.74, 6) is 0. The zero-order valence-corrected chi connectivity index (χ0v) is 11.4. The van der Waals surface area contributed by atoms with Crippen LogP contribution < -0.4 is 0 Å². The normalized spacial score (nSPS) is 10.8. The lowest BCUT2D eigenvalue weighted by atomic mass is 9.94. The lowest BCUT2D eigenvalue weighted by Crippen LogP contribution is -1.97. The molecule has 0 saturated heterocycles. The van der Waals surface area contributed by atoms with Gasteiger partial charge in [-0.3, -0.25) is 4.98 Å². The number of hydrogen-bond acceptors (Lipinski definition) is 1. The topological polar surface area (TPSA) is 12.9 Å². The average Bonchev–Trinajstić information content (AvgIpc) is 2.47. The van der Waals surface area contributed by atoms with Crippen molar-refractivity contribution >= 4 is 10.9 Å². The third-order valence-electron chi connectivity index (χ3n) is 3.63. The number of fused-ring (bicyclic) bond motifs is 1. The van der Waals surface area contributed by atoms with Crippen LogP contribution in [0.15, 0.2) is 54.6 Å². The highest BCUT2D eigenvalue weighted by molar-refractivity contribution is 5.96. The van der Waals surface area contributed by atoms with Gasteiger partial charge in [-0.05, 0) is 36.1 Å². The first kappa shape index (κ1) is 11.9. The van der Waals surface area contributed by atoms with Gasteiger partial charge in [0.2, 0.25) is 0 Å². The van der Waals surface area contributed by atoms with E-state index >= 15 is 0 Å². The third kappa shape index (κ3) is 2.01. The molecule has 0 amide bonds. The Bertz CT molecular complexity index is 714. The first-order chi connectivity index (χ1) is 9.31. The molecule has 19 heavy (non-hydrogen) atoms. The number of para-hydroxylation sites is 1. The van der Waals surface area contributed by atoms with Crippen molar-refractivity contribution in [1.82, 2.24) is 4.98 Å². The monoisotopic (exact) mass is 247 g/mol. The van der Waals surface area contributed by atoms with E-state index in [-0.39, 0.29) is 0 Å². The van der Waals surface area contributed by atoms with Gasteiger partial charge < -0.3 is 0 Å². The van der Waals surface area contributed by atoms with Crippen molar-refractivity contribution in [2.24, 2.45) is 0 Å². The van der Waals surface area contributed by atoms with Gasteiger partial charge in [-0.15, -0.1) is 0 Å². The Hall–Kier alpha value is -2.15. The highest BCUT2D eigenvalue weighted by Gasteiger charge is 2.11. The van der Waals surface area contributed by atoms with E-state index < -0.39 is 0 Å². The number of rotatable bonds is 2. The molecule has 0 atom stereocenters. The zero-order chi connectivity index (χ0) is 13.2. The summed E-state index contributed by atoms with van der Waals surface area (Å²) in [6, 6.07) is 19.0. The molecule has 0 aliphatic carbocycles. The van der Waals surface area contributed by atoms with Crippen LogP contribution in [-0.4, -0.2) is 4.98 Å². The number of aromatic nitrogens is 1. The van der Waals surface area contributed by atoms with Crippen molar-refractivity contribution < 1.29 is 0 Å². The molecule has 0 N–H and O–H groups in total. The third-order valence-corrected chi connectivity index (χ3v) is 3.63. The Morgan fingerprint density at radius 3 is 2.32 bits per heavy atom. The number of hydrogen-bond donors (Lipinski definition) is 0. The standard InChI is InChI=1S/C18H17N/c1-3-16-13(2)18(14-9-5-4-6-10-14)15-11-7-8-12-17(15)19-16/h4-12H,3H2,1-2H3. The molecule has 0 fully saturated rings. The van der Waals surface area contributed by atoms with Gasteiger partial charge in [0.15, 0.2) is 0 Å². The summed E-state index contributed by atoms with van der Waals surface area (Å²) in [5.41, 5.74) is 6.17. The Morgan fingerprint density at radius 2 is 1.58 bits per heavy atom. The zero-order valence-electron chi connectivity index (χ0n) is 11.4. The molecule has 0 bridgehead atoms. The van der Waals surface area contributed by atoms with Gasteiger partial charge in [0.05, 0.1) is 5.52 Å². The maximum absolute atomic E-state index is 4.78. The summed E-state index contributed by atoms with van der Waals surface area (Å²) in [4.78, 5) is 4.78. The minimum Gasteiger partial charge on any atom is -0.253 e. The molecule has 3 aromatic rings. The van der Waals surface area contributed by atoms with Crippen molar-refractivity contribution in [2.75, 3.05) is 0 Å². The molecule has 0 saturated carbocycles. The minimum atomic E-state index is 0.969. The fourth-order valence-corrected chi connectivity index (χ4v) is 2.68. The van der Waals surface area contributed by atoms with Gasteiger partial charge in [-0.1, -0.05) is 55.5 Å². The van der Waals surface area contributed by atoms with Crippen molar-refractivity contribution in [3.63, 3.8) is 0 Å². The van der Waals surface area contributed by atoms with Gasteiger partial charge in [0.1, 0.15) is 0 Å². The first-order valence-corrected chi connectivity index (χ1v) is 6.75. The van der Waals surface area contributed by atoms with Crippen LogP contribution in [0.4, 0.5) is 0 Å². The molecule has 0 radical (unpaired) electrons. The highest BCUT2D eigenvalue weighted by Crippen LogP contribution is 2.32. The summed E-state index contributed by atoms with van der Waals surface area (Å²) in [7, 11) is 0. The van der Waals surface area contributed by atoms with Crippen LogP contribution >= 0.6 is 0 Å².